The summed E-state index contributed by atoms with van der Waals surface area (Å²) in [5.41, 5.74) is 1.09. The van der Waals surface area contributed by atoms with Crippen molar-refractivity contribution < 1.29 is 22.3 Å². The first-order valence-corrected chi connectivity index (χ1v) is 14.1. The fourth-order valence-electron chi connectivity index (χ4n) is 6.62. The molecular formula is C25H37ClF2N2O3S. The molecule has 5 nitrogen and oxygen atoms in total. The predicted molar refractivity (Wildman–Crippen MR) is 132 cm³/mol. The summed E-state index contributed by atoms with van der Waals surface area (Å²) in [6, 6.07) is 7.96. The van der Waals surface area contributed by atoms with Gasteiger partial charge in [-0.2, -0.15) is 0 Å². The Balaban J connectivity index is 0.00000274. The Hall–Kier alpha value is -0.960. The van der Waals surface area contributed by atoms with Gasteiger partial charge in [0.2, 0.25) is 15.9 Å². The number of hydrogen-bond acceptors (Lipinski definition) is 4. The first-order valence-electron chi connectivity index (χ1n) is 12.5. The Bertz CT molecular complexity index is 980. The summed E-state index contributed by atoms with van der Waals surface area (Å²) in [6.07, 6.45) is 3.95. The Morgan fingerprint density at radius 3 is 2.35 bits per heavy atom. The van der Waals surface area contributed by atoms with Crippen molar-refractivity contribution in [3.63, 3.8) is 0 Å². The third kappa shape index (κ3) is 4.97. The van der Waals surface area contributed by atoms with E-state index >= 15 is 0 Å². The Morgan fingerprint density at radius 2 is 1.76 bits per heavy atom. The maximum Gasteiger partial charge on any atom is 0.248 e. The molecule has 4 aliphatic rings. The van der Waals surface area contributed by atoms with Crippen molar-refractivity contribution in [1.82, 2.24) is 4.90 Å². The van der Waals surface area contributed by atoms with E-state index in [4.69, 9.17) is 0 Å². The van der Waals surface area contributed by atoms with E-state index in [1.54, 1.807) is 0 Å². The van der Waals surface area contributed by atoms with Gasteiger partial charge in [0.15, 0.2) is 0 Å². The highest BCUT2D eigenvalue weighted by Crippen LogP contribution is 2.65. The molecule has 192 valence electrons. The standard InChI is InChI=1S/C25H36F2N2O3S.ClH/c1-2-25(18-5-3-6-19(15-18)28-33(31,32)20-7-8-20)21-16-29(17-22(21)25)14-4-9-23(30)10-12-24(26,27)13-11-23;/h3,5-6,15,20-22,28,30H,2,4,7-14,16-17H2,1H3;1H. The SMILES string of the molecule is CCC1(c2cccc(NS(=O)(=O)C3CC3)c2)C2CN(CCCC3(O)CCC(F)(F)CC3)CC21.Cl. The van der Waals surface area contributed by atoms with Gasteiger partial charge in [-0.05, 0) is 81.0 Å². The fourth-order valence-corrected chi connectivity index (χ4v) is 7.99. The molecule has 4 fully saturated rings. The van der Waals surface area contributed by atoms with E-state index in [9.17, 15) is 22.3 Å². The molecule has 3 aliphatic carbocycles. The van der Waals surface area contributed by atoms with Crippen LogP contribution in [-0.4, -0.2) is 54.8 Å². The van der Waals surface area contributed by atoms with Gasteiger partial charge >= 0.3 is 0 Å². The van der Waals surface area contributed by atoms with Crippen molar-refractivity contribution in [2.45, 2.75) is 86.9 Å². The maximum absolute atomic E-state index is 13.4. The molecule has 0 amide bonds. The second-order valence-corrected chi connectivity index (χ2v) is 12.9. The first kappa shape index (κ1) is 26.1. The summed E-state index contributed by atoms with van der Waals surface area (Å²) < 4.78 is 54.3. The summed E-state index contributed by atoms with van der Waals surface area (Å²) in [4.78, 5) is 2.45. The molecule has 0 bridgehead atoms. The number of piperidine rings is 1. The number of halogens is 3. The molecule has 1 saturated heterocycles. The molecule has 3 saturated carbocycles. The van der Waals surface area contributed by atoms with Crippen molar-refractivity contribution in [3.8, 4) is 0 Å². The van der Waals surface area contributed by atoms with Crippen LogP contribution in [0.15, 0.2) is 24.3 Å². The molecule has 1 aromatic rings. The molecular weight excluding hydrogens is 482 g/mol. The van der Waals surface area contributed by atoms with Crippen LogP contribution in [-0.2, 0) is 15.4 Å². The molecule has 0 aromatic heterocycles. The van der Waals surface area contributed by atoms with E-state index in [2.05, 4.69) is 22.6 Å². The van der Waals surface area contributed by atoms with Crippen LogP contribution in [0.25, 0.3) is 0 Å². The van der Waals surface area contributed by atoms with E-state index in [-0.39, 0.29) is 48.8 Å². The van der Waals surface area contributed by atoms with Gasteiger partial charge in [-0.1, -0.05) is 19.1 Å². The van der Waals surface area contributed by atoms with Gasteiger partial charge in [-0.3, -0.25) is 4.72 Å². The monoisotopic (exact) mass is 518 g/mol. The summed E-state index contributed by atoms with van der Waals surface area (Å²) in [7, 11) is -3.27. The van der Waals surface area contributed by atoms with Gasteiger partial charge in [0.1, 0.15) is 0 Å². The third-order valence-electron chi connectivity index (χ3n) is 8.85. The van der Waals surface area contributed by atoms with E-state index in [0.29, 0.717) is 23.9 Å². The number of aliphatic hydroxyl groups is 1. The molecule has 0 radical (unpaired) electrons. The lowest BCUT2D eigenvalue weighted by Gasteiger charge is -2.36. The van der Waals surface area contributed by atoms with Gasteiger partial charge in [-0.25, -0.2) is 17.2 Å². The lowest BCUT2D eigenvalue weighted by Crippen LogP contribution is -2.39. The Kier molecular flexibility index (Phi) is 7.04. The van der Waals surface area contributed by atoms with Gasteiger partial charge in [0.25, 0.3) is 0 Å². The topological polar surface area (TPSA) is 69.6 Å². The van der Waals surface area contributed by atoms with Crippen LogP contribution >= 0.6 is 12.4 Å². The van der Waals surface area contributed by atoms with Gasteiger partial charge in [0, 0.05) is 37.0 Å². The van der Waals surface area contributed by atoms with E-state index in [1.807, 2.05) is 18.2 Å². The molecule has 9 heteroatoms. The fraction of sp³-hybridized carbons (Fsp3) is 0.760. The van der Waals surface area contributed by atoms with E-state index in [0.717, 1.165) is 45.3 Å². The van der Waals surface area contributed by atoms with Gasteiger partial charge in [-0.15, -0.1) is 12.4 Å². The second-order valence-electron chi connectivity index (χ2n) is 11.0. The zero-order valence-electron chi connectivity index (χ0n) is 19.8. The molecule has 2 N–H and O–H groups in total. The molecule has 34 heavy (non-hydrogen) atoms. The zero-order chi connectivity index (χ0) is 23.5. The number of nitrogens with zero attached hydrogens (tertiary/aromatic N) is 1. The number of anilines is 1. The van der Waals surface area contributed by atoms with Crippen molar-refractivity contribution >= 4 is 28.1 Å². The summed E-state index contributed by atoms with van der Waals surface area (Å²) in [5.74, 6) is -1.48. The van der Waals surface area contributed by atoms with Crippen molar-refractivity contribution in [2.75, 3.05) is 24.4 Å². The highest BCUT2D eigenvalue weighted by Gasteiger charge is 2.67. The summed E-state index contributed by atoms with van der Waals surface area (Å²) in [5, 5.41) is 10.4. The summed E-state index contributed by atoms with van der Waals surface area (Å²) >= 11 is 0. The van der Waals surface area contributed by atoms with Crippen LogP contribution in [0, 0.1) is 11.8 Å². The molecule has 2 unspecified atom stereocenters. The largest absolute Gasteiger partial charge is 0.390 e. The van der Waals surface area contributed by atoms with Crippen LogP contribution in [0.4, 0.5) is 14.5 Å². The second kappa shape index (κ2) is 9.16. The molecule has 5 rings (SSSR count). The summed E-state index contributed by atoms with van der Waals surface area (Å²) in [6.45, 7) is 5.13. The van der Waals surface area contributed by atoms with Crippen LogP contribution in [0.3, 0.4) is 0 Å². The Labute approximate surface area is 208 Å². The number of hydrogen-bond donors (Lipinski definition) is 2. The minimum absolute atomic E-state index is 0. The van der Waals surface area contributed by atoms with Gasteiger partial charge in [0.05, 0.1) is 10.9 Å². The van der Waals surface area contributed by atoms with Gasteiger partial charge < -0.3 is 10.0 Å². The predicted octanol–water partition coefficient (Wildman–Crippen LogP) is 4.94. The number of rotatable bonds is 9. The van der Waals surface area contributed by atoms with Crippen LogP contribution < -0.4 is 4.72 Å². The van der Waals surface area contributed by atoms with Crippen LogP contribution in [0.2, 0.25) is 0 Å². The van der Waals surface area contributed by atoms with Crippen molar-refractivity contribution in [1.29, 1.82) is 0 Å². The normalized spacial score (nSPS) is 32.0. The quantitative estimate of drug-likeness (QED) is 0.485. The van der Waals surface area contributed by atoms with Crippen LogP contribution in [0.5, 0.6) is 0 Å². The zero-order valence-corrected chi connectivity index (χ0v) is 21.4. The lowest BCUT2D eigenvalue weighted by molar-refractivity contribution is -0.107. The number of nitrogens with one attached hydrogen (secondary N) is 1. The number of fused-ring (bicyclic) bond motifs is 1. The number of alkyl halides is 2. The first-order chi connectivity index (χ1) is 15.6. The smallest absolute Gasteiger partial charge is 0.248 e. The molecule has 1 aliphatic heterocycles. The van der Waals surface area contributed by atoms with E-state index < -0.39 is 21.5 Å². The maximum atomic E-state index is 13.4. The number of likely N-dealkylation sites (tertiary alicyclic amines) is 1. The lowest BCUT2D eigenvalue weighted by atomic mass is 9.80. The molecule has 0 spiro atoms. The highest BCUT2D eigenvalue weighted by atomic mass is 35.5. The third-order valence-corrected chi connectivity index (χ3v) is 10.7. The van der Waals surface area contributed by atoms with Crippen molar-refractivity contribution in [3.05, 3.63) is 29.8 Å². The molecule has 1 aromatic carbocycles. The number of sulfonamides is 1. The minimum atomic E-state index is -3.27. The average Bonchev–Trinajstić information content (AvgIpc) is 3.67. The highest BCUT2D eigenvalue weighted by molar-refractivity contribution is 7.93. The average molecular weight is 519 g/mol. The van der Waals surface area contributed by atoms with Crippen LogP contribution in [0.1, 0.15) is 70.3 Å². The molecule has 1 heterocycles. The van der Waals surface area contributed by atoms with E-state index in [1.165, 1.54) is 5.56 Å². The van der Waals surface area contributed by atoms with Crippen molar-refractivity contribution in [2.24, 2.45) is 11.8 Å². The number of benzene rings is 1. The molecule has 2 atom stereocenters. The minimum Gasteiger partial charge on any atom is -0.390 e. The Morgan fingerprint density at radius 1 is 1.12 bits per heavy atom.